The SMILES string of the molecule is COC(=O)c1ccc(N=C2S/C(=C\c3cc(I)c(OCc4cccc5ccccc45)c(OC)c3)C(=O)N2C)cc1. The molecule has 1 amide bonds. The number of amides is 1. The molecule has 1 fully saturated rings. The van der Waals surface area contributed by atoms with Gasteiger partial charge in [-0.15, -0.1) is 0 Å². The van der Waals surface area contributed by atoms with Gasteiger partial charge in [-0.3, -0.25) is 9.69 Å². The number of hydrogen-bond donors (Lipinski definition) is 0. The van der Waals surface area contributed by atoms with E-state index in [0.29, 0.717) is 39.4 Å². The van der Waals surface area contributed by atoms with Crippen LogP contribution >= 0.6 is 34.4 Å². The summed E-state index contributed by atoms with van der Waals surface area (Å²) >= 11 is 3.51. The maximum absolute atomic E-state index is 13.0. The second-order valence-corrected chi connectivity index (χ2v) is 11.0. The van der Waals surface area contributed by atoms with Gasteiger partial charge in [-0.05, 0) is 98.7 Å². The van der Waals surface area contributed by atoms with Gasteiger partial charge >= 0.3 is 5.97 Å². The van der Waals surface area contributed by atoms with Gasteiger partial charge in [0.2, 0.25) is 0 Å². The highest BCUT2D eigenvalue weighted by molar-refractivity contribution is 14.1. The van der Waals surface area contributed by atoms with Gasteiger partial charge in [-0.1, -0.05) is 42.5 Å². The highest BCUT2D eigenvalue weighted by atomic mass is 127. The number of methoxy groups -OCH3 is 2. The van der Waals surface area contributed by atoms with Gasteiger partial charge in [0, 0.05) is 7.05 Å². The molecule has 9 heteroatoms. The van der Waals surface area contributed by atoms with E-state index < -0.39 is 5.97 Å². The van der Waals surface area contributed by atoms with Gasteiger partial charge in [0.15, 0.2) is 16.7 Å². The lowest BCUT2D eigenvalue weighted by Crippen LogP contribution is -2.23. The number of thioether (sulfide) groups is 1. The summed E-state index contributed by atoms with van der Waals surface area (Å²) in [6.45, 7) is 0.397. The van der Waals surface area contributed by atoms with Crippen LogP contribution in [0.5, 0.6) is 11.5 Å². The number of hydrogen-bond acceptors (Lipinski definition) is 7. The highest BCUT2D eigenvalue weighted by Gasteiger charge is 2.30. The lowest BCUT2D eigenvalue weighted by atomic mass is 10.1. The second kappa shape index (κ2) is 12.1. The molecule has 1 aliphatic heterocycles. The first kappa shape index (κ1) is 27.7. The molecule has 0 aliphatic carbocycles. The molecule has 0 aromatic heterocycles. The average Bonchev–Trinajstić information content (AvgIpc) is 3.23. The smallest absolute Gasteiger partial charge is 0.337 e. The Morgan fingerprint density at radius 3 is 2.52 bits per heavy atom. The monoisotopic (exact) mass is 664 g/mol. The van der Waals surface area contributed by atoms with Gasteiger partial charge in [-0.2, -0.15) is 0 Å². The predicted octanol–water partition coefficient (Wildman–Crippen LogP) is 7.05. The van der Waals surface area contributed by atoms with Gasteiger partial charge in [0.05, 0.1) is 33.9 Å². The Balaban J connectivity index is 1.36. The van der Waals surface area contributed by atoms with Crippen LogP contribution in [0.25, 0.3) is 16.8 Å². The van der Waals surface area contributed by atoms with Crippen molar-refractivity contribution in [2.75, 3.05) is 21.3 Å². The number of halogens is 1. The number of benzene rings is 4. The van der Waals surface area contributed by atoms with Gasteiger partial charge < -0.3 is 14.2 Å². The molecule has 1 heterocycles. The first-order valence-electron chi connectivity index (χ1n) is 12.3. The molecule has 4 aromatic carbocycles. The lowest BCUT2D eigenvalue weighted by molar-refractivity contribution is -0.121. The third kappa shape index (κ3) is 5.85. The van der Waals surface area contributed by atoms with Crippen molar-refractivity contribution in [2.24, 2.45) is 4.99 Å². The molecule has 4 aromatic rings. The number of aliphatic imine (C=N–C) groups is 1. The fraction of sp³-hybridized carbons (Fsp3) is 0.129. The number of carbonyl (C=O) groups is 2. The topological polar surface area (TPSA) is 77.4 Å². The number of ether oxygens (including phenoxy) is 3. The van der Waals surface area contributed by atoms with Gasteiger partial charge in [0.25, 0.3) is 5.91 Å². The Hall–Kier alpha value is -3.83. The number of nitrogens with zero attached hydrogens (tertiary/aromatic N) is 2. The number of esters is 1. The van der Waals surface area contributed by atoms with Crippen molar-refractivity contribution in [1.29, 1.82) is 0 Å². The van der Waals surface area contributed by atoms with E-state index in [-0.39, 0.29) is 5.91 Å². The van der Waals surface area contributed by atoms with Crippen LogP contribution in [0.3, 0.4) is 0 Å². The Morgan fingerprint density at radius 1 is 1.02 bits per heavy atom. The van der Waals surface area contributed by atoms with Gasteiger partial charge in [-0.25, -0.2) is 9.79 Å². The van der Waals surface area contributed by atoms with E-state index in [1.807, 2.05) is 36.4 Å². The summed E-state index contributed by atoms with van der Waals surface area (Å²) in [5.41, 5.74) is 2.96. The van der Waals surface area contributed by atoms with Crippen molar-refractivity contribution >= 4 is 73.9 Å². The minimum atomic E-state index is -0.415. The summed E-state index contributed by atoms with van der Waals surface area (Å²) in [5, 5.41) is 2.86. The van der Waals surface area contributed by atoms with Crippen molar-refractivity contribution in [1.82, 2.24) is 4.90 Å². The molecule has 0 spiro atoms. The van der Waals surface area contributed by atoms with Crippen molar-refractivity contribution < 1.29 is 23.8 Å². The maximum Gasteiger partial charge on any atom is 0.337 e. The number of rotatable bonds is 7. The van der Waals surface area contributed by atoms with Crippen molar-refractivity contribution in [3.8, 4) is 11.5 Å². The van der Waals surface area contributed by atoms with E-state index in [1.165, 1.54) is 23.8 Å². The van der Waals surface area contributed by atoms with Gasteiger partial charge in [0.1, 0.15) is 6.61 Å². The molecule has 1 aliphatic rings. The molecule has 0 saturated carbocycles. The standard InChI is InChI=1S/C31H25IN2O5S/c1-34-29(35)27(40-31(34)33-23-13-11-21(12-14-23)30(36)38-3)17-19-15-25(32)28(26(16-19)37-2)39-18-22-9-6-8-20-7-4-5-10-24(20)22/h4-17H,18H2,1-3H3/b27-17-,33-31?. The molecule has 0 N–H and O–H groups in total. The molecular weight excluding hydrogens is 639 g/mol. The van der Waals surface area contributed by atoms with Crippen LogP contribution in [0.2, 0.25) is 0 Å². The van der Waals surface area contributed by atoms with E-state index >= 15 is 0 Å². The maximum atomic E-state index is 13.0. The fourth-order valence-corrected chi connectivity index (χ4v) is 6.00. The lowest BCUT2D eigenvalue weighted by Gasteiger charge is -2.15. The average molecular weight is 665 g/mol. The second-order valence-electron chi connectivity index (χ2n) is 8.87. The van der Waals surface area contributed by atoms with Crippen LogP contribution in [0.1, 0.15) is 21.5 Å². The van der Waals surface area contributed by atoms with Crippen molar-refractivity contribution in [3.63, 3.8) is 0 Å². The van der Waals surface area contributed by atoms with E-state index in [0.717, 1.165) is 25.5 Å². The van der Waals surface area contributed by atoms with Crippen LogP contribution < -0.4 is 9.47 Å². The first-order valence-corrected chi connectivity index (χ1v) is 14.2. The fourth-order valence-electron chi connectivity index (χ4n) is 4.23. The minimum absolute atomic E-state index is 0.153. The minimum Gasteiger partial charge on any atom is -0.493 e. The summed E-state index contributed by atoms with van der Waals surface area (Å²) in [5.74, 6) is 0.669. The molecule has 202 valence electrons. The Morgan fingerprint density at radius 2 is 1.77 bits per heavy atom. The van der Waals surface area contributed by atoms with Crippen LogP contribution in [0.15, 0.2) is 88.8 Å². The third-order valence-corrected chi connectivity index (χ3v) is 8.18. The summed E-state index contributed by atoms with van der Waals surface area (Å²) in [6, 6.07) is 24.9. The van der Waals surface area contributed by atoms with Crippen LogP contribution in [-0.4, -0.2) is 43.2 Å². The van der Waals surface area contributed by atoms with E-state index in [4.69, 9.17) is 14.2 Å². The molecular formula is C31H25IN2O5S. The summed E-state index contributed by atoms with van der Waals surface area (Å²) in [4.78, 5) is 31.3. The molecule has 40 heavy (non-hydrogen) atoms. The van der Waals surface area contributed by atoms with E-state index in [2.05, 4.69) is 51.8 Å². The zero-order valence-electron chi connectivity index (χ0n) is 22.0. The normalized spacial score (nSPS) is 15.2. The molecule has 0 unspecified atom stereocenters. The number of fused-ring (bicyclic) bond motifs is 1. The number of likely N-dealkylation sites (N-methyl/N-ethyl adjacent to an activating group) is 1. The van der Waals surface area contributed by atoms with E-state index in [9.17, 15) is 9.59 Å². The zero-order valence-corrected chi connectivity index (χ0v) is 25.0. The quantitative estimate of drug-likeness (QED) is 0.120. The van der Waals surface area contributed by atoms with Crippen molar-refractivity contribution in [3.05, 3.63) is 104 Å². The Labute approximate surface area is 250 Å². The van der Waals surface area contributed by atoms with Crippen LogP contribution in [-0.2, 0) is 16.1 Å². The predicted molar refractivity (Wildman–Crippen MR) is 167 cm³/mol. The van der Waals surface area contributed by atoms with Crippen LogP contribution in [0.4, 0.5) is 5.69 Å². The first-order chi connectivity index (χ1) is 19.4. The zero-order chi connectivity index (χ0) is 28.2. The Kier molecular flexibility index (Phi) is 8.41. The molecule has 1 saturated heterocycles. The highest BCUT2D eigenvalue weighted by Crippen LogP contribution is 2.38. The summed E-state index contributed by atoms with van der Waals surface area (Å²) in [6.07, 6.45) is 1.82. The third-order valence-electron chi connectivity index (χ3n) is 6.32. The van der Waals surface area contributed by atoms with E-state index in [1.54, 1.807) is 38.4 Å². The van der Waals surface area contributed by atoms with Crippen molar-refractivity contribution in [2.45, 2.75) is 6.61 Å². The number of amidine groups is 1. The summed E-state index contributed by atoms with van der Waals surface area (Å²) in [7, 11) is 4.63. The Bertz CT molecular complexity index is 1660. The molecule has 7 nitrogen and oxygen atoms in total. The molecule has 0 bridgehead atoms. The molecule has 0 atom stereocenters. The molecule has 0 radical (unpaired) electrons. The molecule has 5 rings (SSSR count). The van der Waals surface area contributed by atoms with Crippen LogP contribution in [0, 0.1) is 3.57 Å². The number of carbonyl (C=O) groups excluding carboxylic acids is 2. The largest absolute Gasteiger partial charge is 0.493 e. The summed E-state index contributed by atoms with van der Waals surface area (Å²) < 4.78 is 17.5.